The first-order valence-corrected chi connectivity index (χ1v) is 4.61. The molecule has 0 heterocycles. The van der Waals surface area contributed by atoms with Gasteiger partial charge >= 0.3 is 5.97 Å². The first kappa shape index (κ1) is 13.9. The average molecular weight is 230 g/mol. The fraction of sp³-hybridized carbons (Fsp3) is 0.364. The molecule has 1 atom stereocenters. The lowest BCUT2D eigenvalue weighted by molar-refractivity contribution is -0.137. The third kappa shape index (κ3) is 4.81. The van der Waals surface area contributed by atoms with Crippen LogP contribution >= 0.6 is 12.4 Å². The van der Waals surface area contributed by atoms with Crippen molar-refractivity contribution in [2.45, 2.75) is 25.8 Å². The van der Waals surface area contributed by atoms with Gasteiger partial charge in [0.05, 0.1) is 6.42 Å². The Labute approximate surface area is 95.7 Å². The number of carboxylic acids is 1. The van der Waals surface area contributed by atoms with E-state index < -0.39 is 5.97 Å². The number of carbonyl (C=O) groups is 1. The summed E-state index contributed by atoms with van der Waals surface area (Å²) in [5.41, 5.74) is 7.98. The Hall–Kier alpha value is -1.06. The van der Waals surface area contributed by atoms with Crippen LogP contribution < -0.4 is 5.73 Å². The van der Waals surface area contributed by atoms with E-state index in [-0.39, 0.29) is 24.9 Å². The Morgan fingerprint density at radius 3 is 2.60 bits per heavy atom. The summed E-state index contributed by atoms with van der Waals surface area (Å²) in [5, 5.41) is 8.55. The van der Waals surface area contributed by atoms with Crippen LogP contribution in [0.5, 0.6) is 0 Å². The van der Waals surface area contributed by atoms with Crippen molar-refractivity contribution in [1.29, 1.82) is 0 Å². The fourth-order valence-electron chi connectivity index (χ4n) is 1.42. The minimum absolute atomic E-state index is 0. The van der Waals surface area contributed by atoms with Crippen LogP contribution in [0, 0.1) is 6.92 Å². The van der Waals surface area contributed by atoms with E-state index in [0.29, 0.717) is 6.42 Å². The lowest BCUT2D eigenvalue weighted by Gasteiger charge is -2.10. The maximum Gasteiger partial charge on any atom is 0.304 e. The van der Waals surface area contributed by atoms with Crippen molar-refractivity contribution in [2.75, 3.05) is 0 Å². The molecule has 0 amide bonds. The molecule has 0 spiro atoms. The Balaban J connectivity index is 0.00000196. The van der Waals surface area contributed by atoms with Crippen molar-refractivity contribution < 1.29 is 9.90 Å². The second kappa shape index (κ2) is 6.43. The van der Waals surface area contributed by atoms with Crippen LogP contribution in [0.2, 0.25) is 0 Å². The molecule has 0 aliphatic heterocycles. The highest BCUT2D eigenvalue weighted by Crippen LogP contribution is 2.10. The summed E-state index contributed by atoms with van der Waals surface area (Å²) in [6, 6.07) is 7.59. The van der Waals surface area contributed by atoms with Crippen LogP contribution in [0.15, 0.2) is 24.3 Å². The predicted molar refractivity (Wildman–Crippen MR) is 62.4 cm³/mol. The van der Waals surface area contributed by atoms with Crippen molar-refractivity contribution >= 4 is 18.4 Å². The monoisotopic (exact) mass is 229 g/mol. The average Bonchev–Trinajstić information content (AvgIpc) is 2.07. The van der Waals surface area contributed by atoms with E-state index in [9.17, 15) is 4.79 Å². The third-order valence-electron chi connectivity index (χ3n) is 2.18. The van der Waals surface area contributed by atoms with Gasteiger partial charge in [0.15, 0.2) is 0 Å². The van der Waals surface area contributed by atoms with Crippen LogP contribution in [0.25, 0.3) is 0 Å². The summed E-state index contributed by atoms with van der Waals surface area (Å²) in [6.45, 7) is 2.00. The van der Waals surface area contributed by atoms with Gasteiger partial charge in [-0.05, 0) is 24.5 Å². The molecule has 1 rings (SSSR count). The molecular formula is C11H16ClNO2. The smallest absolute Gasteiger partial charge is 0.304 e. The molecule has 0 aliphatic carbocycles. The van der Waals surface area contributed by atoms with E-state index in [0.717, 1.165) is 11.1 Å². The number of rotatable bonds is 4. The molecule has 15 heavy (non-hydrogen) atoms. The summed E-state index contributed by atoms with van der Waals surface area (Å²) >= 11 is 0. The van der Waals surface area contributed by atoms with Crippen LogP contribution in [-0.4, -0.2) is 17.1 Å². The predicted octanol–water partition coefficient (Wildman–Crippen LogP) is 1.76. The zero-order valence-electron chi connectivity index (χ0n) is 8.64. The molecule has 0 aromatic heterocycles. The molecule has 0 fully saturated rings. The zero-order valence-corrected chi connectivity index (χ0v) is 9.46. The summed E-state index contributed by atoms with van der Waals surface area (Å²) in [7, 11) is 0. The van der Waals surface area contributed by atoms with Crippen LogP contribution in [0.1, 0.15) is 17.5 Å². The molecule has 4 heteroatoms. The zero-order chi connectivity index (χ0) is 10.6. The number of benzene rings is 1. The number of hydrogen-bond acceptors (Lipinski definition) is 2. The van der Waals surface area contributed by atoms with Gasteiger partial charge in [-0.25, -0.2) is 0 Å². The third-order valence-corrected chi connectivity index (χ3v) is 2.18. The molecule has 0 bridgehead atoms. The van der Waals surface area contributed by atoms with E-state index >= 15 is 0 Å². The van der Waals surface area contributed by atoms with Gasteiger partial charge in [0.1, 0.15) is 0 Å². The number of aliphatic carboxylic acids is 1. The minimum Gasteiger partial charge on any atom is -0.481 e. The van der Waals surface area contributed by atoms with Crippen molar-refractivity contribution in [3.8, 4) is 0 Å². The van der Waals surface area contributed by atoms with E-state index in [1.807, 2.05) is 31.2 Å². The summed E-state index contributed by atoms with van der Waals surface area (Å²) in [6.07, 6.45) is 0.646. The lowest BCUT2D eigenvalue weighted by Crippen LogP contribution is -2.26. The number of aryl methyl sites for hydroxylation is 1. The van der Waals surface area contributed by atoms with Crippen molar-refractivity contribution in [3.63, 3.8) is 0 Å². The van der Waals surface area contributed by atoms with Crippen LogP contribution in [0.4, 0.5) is 0 Å². The number of halogens is 1. The van der Waals surface area contributed by atoms with Gasteiger partial charge in [-0.1, -0.05) is 24.3 Å². The molecule has 84 valence electrons. The van der Waals surface area contributed by atoms with E-state index in [1.54, 1.807) is 0 Å². The van der Waals surface area contributed by atoms with Crippen LogP contribution in [0.3, 0.4) is 0 Å². The minimum atomic E-state index is -0.842. The number of carboxylic acid groups (broad SMARTS) is 1. The molecule has 1 aromatic rings. The lowest BCUT2D eigenvalue weighted by atomic mass is 10.00. The maximum atomic E-state index is 10.4. The Morgan fingerprint density at radius 1 is 1.47 bits per heavy atom. The fourth-order valence-corrected chi connectivity index (χ4v) is 1.42. The molecule has 0 unspecified atom stereocenters. The number of hydrogen-bond donors (Lipinski definition) is 2. The highest BCUT2D eigenvalue weighted by atomic mass is 35.5. The highest BCUT2D eigenvalue weighted by Gasteiger charge is 2.09. The normalized spacial score (nSPS) is 11.6. The van der Waals surface area contributed by atoms with Gasteiger partial charge in [0, 0.05) is 6.04 Å². The largest absolute Gasteiger partial charge is 0.481 e. The Kier molecular flexibility index (Phi) is 5.97. The van der Waals surface area contributed by atoms with E-state index in [4.69, 9.17) is 10.8 Å². The SMILES string of the molecule is Cc1ccccc1C[C@H](N)CC(=O)O.Cl. The van der Waals surface area contributed by atoms with Gasteiger partial charge in [-0.2, -0.15) is 0 Å². The highest BCUT2D eigenvalue weighted by molar-refractivity contribution is 5.85. The standard InChI is InChI=1S/C11H15NO2.ClH/c1-8-4-2-3-5-9(8)6-10(12)7-11(13)14;/h2-5,10H,6-7,12H2,1H3,(H,13,14);1H/t10-;/m0./s1. The van der Waals surface area contributed by atoms with Gasteiger partial charge in [0.2, 0.25) is 0 Å². The first-order valence-electron chi connectivity index (χ1n) is 4.61. The van der Waals surface area contributed by atoms with Crippen LogP contribution in [-0.2, 0) is 11.2 Å². The molecule has 0 saturated carbocycles. The van der Waals surface area contributed by atoms with Crippen molar-refractivity contribution in [2.24, 2.45) is 5.73 Å². The second-order valence-corrected chi connectivity index (χ2v) is 3.49. The topological polar surface area (TPSA) is 63.3 Å². The van der Waals surface area contributed by atoms with Crippen molar-refractivity contribution in [3.05, 3.63) is 35.4 Å². The van der Waals surface area contributed by atoms with Gasteiger partial charge in [-0.15, -0.1) is 12.4 Å². The van der Waals surface area contributed by atoms with Gasteiger partial charge in [-0.3, -0.25) is 4.79 Å². The van der Waals surface area contributed by atoms with E-state index in [2.05, 4.69) is 0 Å². The quantitative estimate of drug-likeness (QED) is 0.827. The molecule has 0 saturated heterocycles. The maximum absolute atomic E-state index is 10.4. The summed E-state index contributed by atoms with van der Waals surface area (Å²) in [5.74, 6) is -0.842. The summed E-state index contributed by atoms with van der Waals surface area (Å²) in [4.78, 5) is 10.4. The molecular weight excluding hydrogens is 214 g/mol. The van der Waals surface area contributed by atoms with Gasteiger partial charge in [0.25, 0.3) is 0 Å². The second-order valence-electron chi connectivity index (χ2n) is 3.49. The number of nitrogens with two attached hydrogens (primary N) is 1. The Morgan fingerprint density at radius 2 is 2.07 bits per heavy atom. The van der Waals surface area contributed by atoms with Crippen molar-refractivity contribution in [1.82, 2.24) is 0 Å². The van der Waals surface area contributed by atoms with E-state index in [1.165, 1.54) is 0 Å². The molecule has 0 aliphatic rings. The summed E-state index contributed by atoms with van der Waals surface area (Å²) < 4.78 is 0. The molecule has 3 N–H and O–H groups in total. The Bertz CT molecular complexity index is 328. The van der Waals surface area contributed by atoms with Gasteiger partial charge < -0.3 is 10.8 Å². The molecule has 3 nitrogen and oxygen atoms in total. The molecule has 0 radical (unpaired) electrons. The molecule has 1 aromatic carbocycles. The first-order chi connectivity index (χ1) is 6.59.